The molecule has 0 fully saturated rings. The Morgan fingerprint density at radius 1 is 1.15 bits per heavy atom. The monoisotopic (exact) mass is 295 g/mol. The summed E-state index contributed by atoms with van der Waals surface area (Å²) < 4.78 is 26.4. The van der Waals surface area contributed by atoms with E-state index in [1.807, 2.05) is 0 Å². The Balaban J connectivity index is 2.13. The average Bonchev–Trinajstić information content (AvgIpc) is 2.39. The Hall–Kier alpha value is -1.94. The molecule has 2 rings (SSSR count). The molecular weight excluding hydrogens is 284 g/mol. The summed E-state index contributed by atoms with van der Waals surface area (Å²) in [7, 11) is 0. The summed E-state index contributed by atoms with van der Waals surface area (Å²) in [4.78, 5) is 12.0. The van der Waals surface area contributed by atoms with E-state index in [0.717, 1.165) is 11.6 Å². The van der Waals surface area contributed by atoms with Crippen molar-refractivity contribution in [3.05, 3.63) is 70.2 Å². The van der Waals surface area contributed by atoms with Crippen molar-refractivity contribution in [2.45, 2.75) is 13.0 Å². The lowest BCUT2D eigenvalue weighted by Gasteiger charge is -2.14. The number of hydrogen-bond donors (Lipinski definition) is 1. The molecule has 1 atom stereocenters. The molecule has 1 amide bonds. The summed E-state index contributed by atoms with van der Waals surface area (Å²) in [5, 5.41) is 2.88. The van der Waals surface area contributed by atoms with Gasteiger partial charge in [0.15, 0.2) is 0 Å². The van der Waals surface area contributed by atoms with E-state index in [1.54, 1.807) is 19.1 Å². The molecular formula is C15H12ClF2NO. The minimum atomic E-state index is -0.679. The molecule has 2 aromatic carbocycles. The van der Waals surface area contributed by atoms with E-state index >= 15 is 0 Å². The van der Waals surface area contributed by atoms with E-state index in [2.05, 4.69) is 5.32 Å². The van der Waals surface area contributed by atoms with Crippen LogP contribution in [0, 0.1) is 11.6 Å². The van der Waals surface area contributed by atoms with Crippen LogP contribution in [0.4, 0.5) is 8.78 Å². The maximum atomic E-state index is 13.6. The Morgan fingerprint density at radius 2 is 1.80 bits per heavy atom. The van der Waals surface area contributed by atoms with Crippen molar-refractivity contribution < 1.29 is 13.6 Å². The van der Waals surface area contributed by atoms with Crippen molar-refractivity contribution in [3.63, 3.8) is 0 Å². The molecule has 0 heterocycles. The van der Waals surface area contributed by atoms with Gasteiger partial charge in [0.1, 0.15) is 11.6 Å². The van der Waals surface area contributed by atoms with Crippen molar-refractivity contribution in [2.24, 2.45) is 0 Å². The van der Waals surface area contributed by atoms with Crippen LogP contribution in [0.2, 0.25) is 5.02 Å². The number of nitrogens with one attached hydrogen (secondary N) is 1. The second kappa shape index (κ2) is 6.01. The Morgan fingerprint density at radius 3 is 2.40 bits per heavy atom. The zero-order valence-electron chi connectivity index (χ0n) is 10.7. The smallest absolute Gasteiger partial charge is 0.254 e. The van der Waals surface area contributed by atoms with Crippen LogP contribution >= 0.6 is 11.6 Å². The van der Waals surface area contributed by atoms with Crippen LogP contribution in [0.15, 0.2) is 42.5 Å². The first-order valence-corrected chi connectivity index (χ1v) is 6.36. The highest BCUT2D eigenvalue weighted by Crippen LogP contribution is 2.17. The molecule has 20 heavy (non-hydrogen) atoms. The summed E-state index contributed by atoms with van der Waals surface area (Å²) in [5.74, 6) is -1.58. The van der Waals surface area contributed by atoms with Crippen LogP contribution in [0.3, 0.4) is 0 Å². The normalized spacial score (nSPS) is 12.0. The van der Waals surface area contributed by atoms with E-state index in [0.29, 0.717) is 0 Å². The molecule has 0 bridgehead atoms. The molecule has 104 valence electrons. The van der Waals surface area contributed by atoms with E-state index in [4.69, 9.17) is 11.6 Å². The van der Waals surface area contributed by atoms with Gasteiger partial charge < -0.3 is 5.32 Å². The Bertz CT molecular complexity index is 628. The first-order chi connectivity index (χ1) is 9.47. The standard InChI is InChI=1S/C15H12ClF2NO/c1-9(10-2-5-12(17)6-3-10)19-15(20)13-7-4-11(16)8-14(13)18/h2-9H,1H3,(H,19,20)/t9-/m0/s1. The zero-order chi connectivity index (χ0) is 14.7. The van der Waals surface area contributed by atoms with Crippen molar-refractivity contribution in [1.82, 2.24) is 5.32 Å². The van der Waals surface area contributed by atoms with Crippen LogP contribution in [-0.2, 0) is 0 Å². The molecule has 5 heteroatoms. The molecule has 2 aromatic rings. The molecule has 0 unspecified atom stereocenters. The molecule has 0 aliphatic heterocycles. The fourth-order valence-corrected chi connectivity index (χ4v) is 1.94. The van der Waals surface area contributed by atoms with Gasteiger partial charge in [-0.05, 0) is 42.8 Å². The minimum absolute atomic E-state index is 0.0802. The average molecular weight is 296 g/mol. The summed E-state index contributed by atoms with van der Waals surface area (Å²) >= 11 is 5.63. The number of carbonyl (C=O) groups is 1. The van der Waals surface area contributed by atoms with E-state index < -0.39 is 11.7 Å². The molecule has 1 N–H and O–H groups in total. The van der Waals surface area contributed by atoms with Crippen LogP contribution in [-0.4, -0.2) is 5.91 Å². The largest absolute Gasteiger partial charge is 0.345 e. The highest BCUT2D eigenvalue weighted by atomic mass is 35.5. The summed E-state index contributed by atoms with van der Waals surface area (Å²) in [5.41, 5.74) is 0.650. The number of halogens is 3. The second-order valence-corrected chi connectivity index (χ2v) is 4.81. The first kappa shape index (κ1) is 14.5. The number of amides is 1. The zero-order valence-corrected chi connectivity index (χ0v) is 11.4. The third-order valence-corrected chi connectivity index (χ3v) is 3.13. The van der Waals surface area contributed by atoms with Gasteiger partial charge in [0.05, 0.1) is 11.6 Å². The van der Waals surface area contributed by atoms with Gasteiger partial charge in [-0.2, -0.15) is 0 Å². The predicted molar refractivity (Wildman–Crippen MR) is 73.7 cm³/mol. The molecule has 0 aliphatic carbocycles. The van der Waals surface area contributed by atoms with Gasteiger partial charge >= 0.3 is 0 Å². The van der Waals surface area contributed by atoms with Gasteiger partial charge in [-0.25, -0.2) is 8.78 Å². The lowest BCUT2D eigenvalue weighted by atomic mass is 10.1. The lowest BCUT2D eigenvalue weighted by molar-refractivity contribution is 0.0936. The minimum Gasteiger partial charge on any atom is -0.345 e. The SMILES string of the molecule is C[C@H](NC(=O)c1ccc(Cl)cc1F)c1ccc(F)cc1. The van der Waals surface area contributed by atoms with Crippen LogP contribution < -0.4 is 5.32 Å². The molecule has 0 saturated carbocycles. The second-order valence-electron chi connectivity index (χ2n) is 4.37. The topological polar surface area (TPSA) is 29.1 Å². The first-order valence-electron chi connectivity index (χ1n) is 5.99. The fourth-order valence-electron chi connectivity index (χ4n) is 1.78. The van der Waals surface area contributed by atoms with Gasteiger partial charge in [0.2, 0.25) is 0 Å². The van der Waals surface area contributed by atoms with Gasteiger partial charge in [-0.3, -0.25) is 4.79 Å². The van der Waals surface area contributed by atoms with Gasteiger partial charge in [-0.15, -0.1) is 0 Å². The Labute approximate surface area is 120 Å². The molecule has 0 aromatic heterocycles. The maximum absolute atomic E-state index is 13.6. The van der Waals surface area contributed by atoms with Crippen molar-refractivity contribution in [2.75, 3.05) is 0 Å². The number of hydrogen-bond acceptors (Lipinski definition) is 1. The molecule has 2 nitrogen and oxygen atoms in total. The maximum Gasteiger partial charge on any atom is 0.254 e. The van der Waals surface area contributed by atoms with Crippen molar-refractivity contribution >= 4 is 17.5 Å². The van der Waals surface area contributed by atoms with E-state index in [1.165, 1.54) is 24.3 Å². The highest BCUT2D eigenvalue weighted by molar-refractivity contribution is 6.30. The quantitative estimate of drug-likeness (QED) is 0.907. The summed E-state index contributed by atoms with van der Waals surface area (Å²) in [6.07, 6.45) is 0. The summed E-state index contributed by atoms with van der Waals surface area (Å²) in [6.45, 7) is 1.74. The van der Waals surface area contributed by atoms with Crippen LogP contribution in [0.1, 0.15) is 28.9 Å². The number of rotatable bonds is 3. The van der Waals surface area contributed by atoms with E-state index in [-0.39, 0.29) is 22.4 Å². The number of benzene rings is 2. The highest BCUT2D eigenvalue weighted by Gasteiger charge is 2.15. The van der Waals surface area contributed by atoms with Gasteiger partial charge in [0, 0.05) is 5.02 Å². The predicted octanol–water partition coefficient (Wildman–Crippen LogP) is 4.11. The van der Waals surface area contributed by atoms with Crippen molar-refractivity contribution in [1.29, 1.82) is 0 Å². The van der Waals surface area contributed by atoms with Crippen LogP contribution in [0.25, 0.3) is 0 Å². The van der Waals surface area contributed by atoms with Crippen LogP contribution in [0.5, 0.6) is 0 Å². The summed E-state index contributed by atoms with van der Waals surface area (Å²) in [6, 6.07) is 9.24. The van der Waals surface area contributed by atoms with Crippen molar-refractivity contribution in [3.8, 4) is 0 Å². The Kier molecular flexibility index (Phi) is 4.35. The molecule has 0 aliphatic rings. The fraction of sp³-hybridized carbons (Fsp3) is 0.133. The third kappa shape index (κ3) is 3.33. The lowest BCUT2D eigenvalue weighted by Crippen LogP contribution is -2.27. The molecule has 0 radical (unpaired) electrons. The van der Waals surface area contributed by atoms with Gasteiger partial charge in [0.25, 0.3) is 5.91 Å². The van der Waals surface area contributed by atoms with E-state index in [9.17, 15) is 13.6 Å². The number of carbonyl (C=O) groups excluding carboxylic acids is 1. The molecule has 0 spiro atoms. The molecule has 0 saturated heterocycles. The third-order valence-electron chi connectivity index (χ3n) is 2.89. The van der Waals surface area contributed by atoms with Gasteiger partial charge in [-0.1, -0.05) is 23.7 Å².